The number of aromatic nitrogens is 1. The van der Waals surface area contributed by atoms with Gasteiger partial charge in [-0.2, -0.15) is 5.26 Å². The molecule has 0 atom stereocenters. The van der Waals surface area contributed by atoms with Crippen LogP contribution in [-0.2, 0) is 0 Å². The van der Waals surface area contributed by atoms with E-state index in [9.17, 15) is 0 Å². The highest BCUT2D eigenvalue weighted by Crippen LogP contribution is 2.21. The zero-order chi connectivity index (χ0) is 13.8. The molecule has 98 valence electrons. The Morgan fingerprint density at radius 3 is 2.80 bits per heavy atom. The molecule has 0 N–H and O–H groups in total. The number of nitrogens with zero attached hydrogens (tertiary/aromatic N) is 4. The van der Waals surface area contributed by atoms with Crippen LogP contribution in [0.1, 0.15) is 5.56 Å². The summed E-state index contributed by atoms with van der Waals surface area (Å²) in [5.41, 5.74) is 1.76. The van der Waals surface area contributed by atoms with E-state index in [1.807, 2.05) is 29.3 Å². The second-order valence-corrected chi connectivity index (χ2v) is 4.51. The average Bonchev–Trinajstić information content (AvgIpc) is 2.56. The van der Waals surface area contributed by atoms with E-state index in [0.29, 0.717) is 17.9 Å². The Kier molecular flexibility index (Phi) is 3.34. The van der Waals surface area contributed by atoms with Crippen molar-refractivity contribution in [2.75, 3.05) is 18.0 Å². The summed E-state index contributed by atoms with van der Waals surface area (Å²) in [5, 5.41) is 9.12. The zero-order valence-electron chi connectivity index (χ0n) is 11.0. The van der Waals surface area contributed by atoms with E-state index in [2.05, 4.69) is 34.3 Å². The van der Waals surface area contributed by atoms with Gasteiger partial charge in [-0.1, -0.05) is 12.2 Å². The van der Waals surface area contributed by atoms with Crippen molar-refractivity contribution in [2.45, 2.75) is 0 Å². The molecule has 0 fully saturated rings. The third kappa shape index (κ3) is 2.34. The number of rotatable bonds is 2. The first-order valence-corrected chi connectivity index (χ1v) is 6.48. The maximum Gasteiger partial charge on any atom is 0.150 e. The SMILES string of the molecule is N#Cc1cccnc1N1C=CC(N2C=CC=CC2)=CC1. The minimum atomic E-state index is 0.592. The largest absolute Gasteiger partial charge is 0.344 e. The summed E-state index contributed by atoms with van der Waals surface area (Å²) in [6, 6.07) is 5.74. The minimum Gasteiger partial charge on any atom is -0.344 e. The molecule has 0 aliphatic carbocycles. The van der Waals surface area contributed by atoms with Gasteiger partial charge in [0.05, 0.1) is 5.56 Å². The normalized spacial score (nSPS) is 17.1. The van der Waals surface area contributed by atoms with Crippen molar-refractivity contribution in [2.24, 2.45) is 0 Å². The first-order valence-electron chi connectivity index (χ1n) is 6.48. The Labute approximate surface area is 118 Å². The maximum atomic E-state index is 9.12. The van der Waals surface area contributed by atoms with E-state index in [4.69, 9.17) is 5.26 Å². The van der Waals surface area contributed by atoms with Gasteiger partial charge in [0.15, 0.2) is 5.82 Å². The predicted octanol–water partition coefficient (Wildman–Crippen LogP) is 2.56. The van der Waals surface area contributed by atoms with Crippen LogP contribution in [0.3, 0.4) is 0 Å². The van der Waals surface area contributed by atoms with Gasteiger partial charge in [0.1, 0.15) is 6.07 Å². The van der Waals surface area contributed by atoms with Crippen LogP contribution in [0.4, 0.5) is 5.82 Å². The Morgan fingerprint density at radius 2 is 2.10 bits per heavy atom. The Balaban J connectivity index is 1.77. The number of hydrogen-bond acceptors (Lipinski definition) is 4. The monoisotopic (exact) mass is 262 g/mol. The van der Waals surface area contributed by atoms with Gasteiger partial charge in [-0.3, -0.25) is 0 Å². The van der Waals surface area contributed by atoms with Crippen LogP contribution >= 0.6 is 0 Å². The molecule has 4 nitrogen and oxygen atoms in total. The van der Waals surface area contributed by atoms with Crippen LogP contribution in [-0.4, -0.2) is 23.0 Å². The third-order valence-corrected chi connectivity index (χ3v) is 3.25. The van der Waals surface area contributed by atoms with E-state index in [1.165, 1.54) is 0 Å². The lowest BCUT2D eigenvalue weighted by atomic mass is 10.2. The van der Waals surface area contributed by atoms with E-state index in [0.717, 1.165) is 12.2 Å². The van der Waals surface area contributed by atoms with Gasteiger partial charge in [0.25, 0.3) is 0 Å². The highest BCUT2D eigenvalue weighted by Gasteiger charge is 2.14. The first-order chi connectivity index (χ1) is 9.88. The van der Waals surface area contributed by atoms with Crippen LogP contribution < -0.4 is 4.90 Å². The molecule has 0 amide bonds. The van der Waals surface area contributed by atoms with Crippen molar-refractivity contribution in [3.63, 3.8) is 0 Å². The fraction of sp³-hybridized carbons (Fsp3) is 0.125. The van der Waals surface area contributed by atoms with Gasteiger partial charge in [0, 0.05) is 37.4 Å². The molecule has 0 aromatic carbocycles. The van der Waals surface area contributed by atoms with Crippen molar-refractivity contribution in [1.82, 2.24) is 9.88 Å². The van der Waals surface area contributed by atoms with Gasteiger partial charge in [-0.05, 0) is 30.4 Å². The quantitative estimate of drug-likeness (QED) is 0.821. The molecule has 0 saturated carbocycles. The second-order valence-electron chi connectivity index (χ2n) is 4.51. The topological polar surface area (TPSA) is 43.2 Å². The highest BCUT2D eigenvalue weighted by molar-refractivity contribution is 5.57. The molecular formula is C16H14N4. The summed E-state index contributed by atoms with van der Waals surface area (Å²) < 4.78 is 0. The molecule has 1 aromatic heterocycles. The number of allylic oxidation sites excluding steroid dienone is 3. The lowest BCUT2D eigenvalue weighted by Crippen LogP contribution is -2.25. The molecule has 0 unspecified atom stereocenters. The van der Waals surface area contributed by atoms with Gasteiger partial charge < -0.3 is 9.80 Å². The number of anilines is 1. The standard InChI is InChI=1S/C16H14N4/c17-13-14-5-4-8-18-16(14)20-11-6-15(7-12-20)19-9-2-1-3-10-19/h1-9,11H,10,12H2. The van der Waals surface area contributed by atoms with Crippen molar-refractivity contribution in [3.8, 4) is 6.07 Å². The Bertz CT molecular complexity index is 661. The number of hydrogen-bond donors (Lipinski definition) is 0. The van der Waals surface area contributed by atoms with E-state index < -0.39 is 0 Å². The molecule has 3 heterocycles. The summed E-state index contributed by atoms with van der Waals surface area (Å²) >= 11 is 0. The highest BCUT2D eigenvalue weighted by atomic mass is 15.2. The minimum absolute atomic E-state index is 0.592. The Hall–Kier alpha value is -2.80. The summed E-state index contributed by atoms with van der Waals surface area (Å²) in [7, 11) is 0. The van der Waals surface area contributed by atoms with Gasteiger partial charge >= 0.3 is 0 Å². The van der Waals surface area contributed by atoms with Crippen LogP contribution in [0.2, 0.25) is 0 Å². The number of pyridine rings is 1. The lowest BCUT2D eigenvalue weighted by Gasteiger charge is -2.27. The smallest absolute Gasteiger partial charge is 0.150 e. The molecule has 20 heavy (non-hydrogen) atoms. The average molecular weight is 262 g/mol. The fourth-order valence-electron chi connectivity index (χ4n) is 2.23. The molecule has 0 saturated heterocycles. The van der Waals surface area contributed by atoms with Crippen LogP contribution in [0.25, 0.3) is 0 Å². The molecule has 4 heteroatoms. The molecule has 1 aromatic rings. The van der Waals surface area contributed by atoms with E-state index in [1.54, 1.807) is 18.3 Å². The first kappa shape index (κ1) is 12.2. The zero-order valence-corrected chi connectivity index (χ0v) is 11.0. The van der Waals surface area contributed by atoms with E-state index in [-0.39, 0.29) is 0 Å². The van der Waals surface area contributed by atoms with Crippen molar-refractivity contribution >= 4 is 5.82 Å². The summed E-state index contributed by atoms with van der Waals surface area (Å²) in [6.07, 6.45) is 16.1. The fourth-order valence-corrected chi connectivity index (χ4v) is 2.23. The van der Waals surface area contributed by atoms with Gasteiger partial charge in [-0.25, -0.2) is 4.98 Å². The van der Waals surface area contributed by atoms with Crippen LogP contribution in [0.15, 0.2) is 66.8 Å². The number of nitriles is 1. The van der Waals surface area contributed by atoms with Crippen molar-refractivity contribution in [3.05, 3.63) is 72.4 Å². The van der Waals surface area contributed by atoms with E-state index >= 15 is 0 Å². The predicted molar refractivity (Wildman–Crippen MR) is 78.5 cm³/mol. The molecule has 0 spiro atoms. The molecule has 3 rings (SSSR count). The summed E-state index contributed by atoms with van der Waals surface area (Å²) in [5.74, 6) is 0.704. The summed E-state index contributed by atoms with van der Waals surface area (Å²) in [4.78, 5) is 8.45. The molecule has 2 aliphatic heterocycles. The molecule has 0 bridgehead atoms. The maximum absolute atomic E-state index is 9.12. The lowest BCUT2D eigenvalue weighted by molar-refractivity contribution is 0.524. The third-order valence-electron chi connectivity index (χ3n) is 3.25. The molecule has 0 radical (unpaired) electrons. The van der Waals surface area contributed by atoms with Crippen molar-refractivity contribution in [1.29, 1.82) is 5.26 Å². The van der Waals surface area contributed by atoms with Crippen LogP contribution in [0, 0.1) is 11.3 Å². The van der Waals surface area contributed by atoms with Crippen LogP contribution in [0.5, 0.6) is 0 Å². The molecular weight excluding hydrogens is 248 g/mol. The second kappa shape index (κ2) is 5.45. The summed E-state index contributed by atoms with van der Waals surface area (Å²) in [6.45, 7) is 1.60. The van der Waals surface area contributed by atoms with Gasteiger partial charge in [0.2, 0.25) is 0 Å². The van der Waals surface area contributed by atoms with Gasteiger partial charge in [-0.15, -0.1) is 0 Å². The van der Waals surface area contributed by atoms with Crippen molar-refractivity contribution < 1.29 is 0 Å². The molecule has 2 aliphatic rings. The Morgan fingerprint density at radius 1 is 1.15 bits per heavy atom.